The van der Waals surface area contributed by atoms with Crippen molar-refractivity contribution in [3.63, 3.8) is 0 Å². The van der Waals surface area contributed by atoms with Gasteiger partial charge in [-0.1, -0.05) is 66.2 Å². The molecule has 1 aliphatic rings. The van der Waals surface area contributed by atoms with Crippen LogP contribution >= 0.6 is 11.6 Å². The highest BCUT2D eigenvalue weighted by molar-refractivity contribution is 6.39. The molecule has 5 rings (SSSR count). The molecule has 0 atom stereocenters. The molecule has 0 aromatic heterocycles. The van der Waals surface area contributed by atoms with Gasteiger partial charge in [-0.3, -0.25) is 14.9 Å². The zero-order valence-corrected chi connectivity index (χ0v) is 23.7. The first-order chi connectivity index (χ1) is 20.3. The fraction of sp³-hybridized carbons (Fsp3) is 0.121. The van der Waals surface area contributed by atoms with Crippen molar-refractivity contribution in [2.45, 2.75) is 20.1 Å². The third-order valence-corrected chi connectivity index (χ3v) is 6.98. The molecule has 0 bridgehead atoms. The van der Waals surface area contributed by atoms with Gasteiger partial charge in [-0.25, -0.2) is 9.69 Å². The highest BCUT2D eigenvalue weighted by atomic mass is 35.5. The second-order valence-corrected chi connectivity index (χ2v) is 9.92. The van der Waals surface area contributed by atoms with Gasteiger partial charge >= 0.3 is 6.03 Å². The molecule has 0 saturated carbocycles. The van der Waals surface area contributed by atoms with Crippen LogP contribution in [0.5, 0.6) is 17.2 Å². The van der Waals surface area contributed by atoms with Crippen molar-refractivity contribution < 1.29 is 28.6 Å². The number of halogens is 1. The van der Waals surface area contributed by atoms with Gasteiger partial charge in [0.2, 0.25) is 0 Å². The highest BCUT2D eigenvalue weighted by Crippen LogP contribution is 2.30. The van der Waals surface area contributed by atoms with Crippen LogP contribution in [0.3, 0.4) is 0 Å². The number of carbonyl (C=O) groups excluding carboxylic acids is 3. The molecule has 1 aliphatic heterocycles. The van der Waals surface area contributed by atoms with Crippen LogP contribution in [0.15, 0.2) is 96.6 Å². The Morgan fingerprint density at radius 2 is 1.55 bits per heavy atom. The molecule has 212 valence electrons. The predicted octanol–water partition coefficient (Wildman–Crippen LogP) is 6.48. The fourth-order valence-corrected chi connectivity index (χ4v) is 4.44. The first kappa shape index (κ1) is 28.4. The minimum absolute atomic E-state index is 0.179. The highest BCUT2D eigenvalue weighted by Gasteiger charge is 2.37. The summed E-state index contributed by atoms with van der Waals surface area (Å²) in [7, 11) is 1.59. The van der Waals surface area contributed by atoms with Gasteiger partial charge in [0.1, 0.15) is 24.5 Å². The Bertz CT molecular complexity index is 1670. The van der Waals surface area contributed by atoms with Gasteiger partial charge in [-0.2, -0.15) is 0 Å². The van der Waals surface area contributed by atoms with Crippen molar-refractivity contribution >= 4 is 41.2 Å². The Morgan fingerprint density at radius 1 is 0.810 bits per heavy atom. The van der Waals surface area contributed by atoms with E-state index in [-0.39, 0.29) is 17.9 Å². The van der Waals surface area contributed by atoms with E-state index in [1.165, 1.54) is 12.1 Å². The van der Waals surface area contributed by atoms with Crippen LogP contribution in [0.25, 0.3) is 6.08 Å². The van der Waals surface area contributed by atoms with E-state index >= 15 is 0 Å². The van der Waals surface area contributed by atoms with E-state index in [1.807, 2.05) is 55.5 Å². The average molecular weight is 583 g/mol. The van der Waals surface area contributed by atoms with Crippen LogP contribution in [0.2, 0.25) is 5.02 Å². The number of methoxy groups -OCH3 is 1. The lowest BCUT2D eigenvalue weighted by Gasteiger charge is -2.26. The zero-order valence-electron chi connectivity index (χ0n) is 22.9. The van der Waals surface area contributed by atoms with Crippen molar-refractivity contribution in [1.29, 1.82) is 0 Å². The Labute approximate surface area is 248 Å². The van der Waals surface area contributed by atoms with Gasteiger partial charge in [0, 0.05) is 5.02 Å². The number of imide groups is 2. The number of hydrogen-bond acceptors (Lipinski definition) is 6. The van der Waals surface area contributed by atoms with Crippen LogP contribution in [0, 0.1) is 6.92 Å². The Kier molecular flexibility index (Phi) is 8.55. The van der Waals surface area contributed by atoms with Crippen LogP contribution in [-0.4, -0.2) is 25.0 Å². The van der Waals surface area contributed by atoms with Crippen molar-refractivity contribution in [1.82, 2.24) is 5.32 Å². The maximum absolute atomic E-state index is 13.2. The van der Waals surface area contributed by atoms with E-state index < -0.39 is 17.8 Å². The number of urea groups is 1. The van der Waals surface area contributed by atoms with E-state index in [4.69, 9.17) is 25.8 Å². The summed E-state index contributed by atoms with van der Waals surface area (Å²) in [5.74, 6) is 0.310. The number of nitrogens with zero attached hydrogens (tertiary/aromatic N) is 1. The zero-order chi connectivity index (χ0) is 29.6. The molecule has 0 unspecified atom stereocenters. The average Bonchev–Trinajstić information content (AvgIpc) is 3.00. The number of anilines is 1. The fourth-order valence-electron chi connectivity index (χ4n) is 4.26. The smallest absolute Gasteiger partial charge is 0.335 e. The lowest BCUT2D eigenvalue weighted by Crippen LogP contribution is -2.54. The quantitative estimate of drug-likeness (QED) is 0.179. The minimum Gasteiger partial charge on any atom is -0.493 e. The molecule has 0 radical (unpaired) electrons. The Morgan fingerprint density at radius 3 is 2.26 bits per heavy atom. The second-order valence-electron chi connectivity index (χ2n) is 9.51. The molecule has 4 aromatic carbocycles. The van der Waals surface area contributed by atoms with E-state index in [0.717, 1.165) is 21.6 Å². The lowest BCUT2D eigenvalue weighted by molar-refractivity contribution is -0.122. The molecule has 8 nitrogen and oxygen atoms in total. The van der Waals surface area contributed by atoms with E-state index in [2.05, 4.69) is 5.32 Å². The first-order valence-electron chi connectivity index (χ1n) is 13.1. The summed E-state index contributed by atoms with van der Waals surface area (Å²) in [6.07, 6.45) is 1.43. The van der Waals surface area contributed by atoms with Gasteiger partial charge < -0.3 is 14.2 Å². The number of rotatable bonds is 9. The van der Waals surface area contributed by atoms with Gasteiger partial charge in [0.05, 0.1) is 12.8 Å². The molecule has 0 spiro atoms. The number of amides is 4. The summed E-state index contributed by atoms with van der Waals surface area (Å²) in [5.41, 5.74) is 3.41. The number of barbiturate groups is 1. The van der Waals surface area contributed by atoms with Crippen LogP contribution in [-0.2, 0) is 22.8 Å². The molecule has 42 heavy (non-hydrogen) atoms. The SMILES string of the molecule is COc1cc(COc2ccc(/C=C3\C(=O)NC(=O)N(c4ccc(C)c(Cl)c4)C3=O)cc2)ccc1OCc1ccccc1. The third-order valence-electron chi connectivity index (χ3n) is 6.58. The van der Waals surface area contributed by atoms with Crippen LogP contribution in [0.1, 0.15) is 22.3 Å². The molecule has 4 aromatic rings. The third kappa shape index (κ3) is 6.45. The van der Waals surface area contributed by atoms with Gasteiger partial charge in [-0.15, -0.1) is 0 Å². The predicted molar refractivity (Wildman–Crippen MR) is 160 cm³/mol. The maximum Gasteiger partial charge on any atom is 0.335 e. The summed E-state index contributed by atoms with van der Waals surface area (Å²) in [4.78, 5) is 39.0. The molecule has 0 aliphatic carbocycles. The summed E-state index contributed by atoms with van der Waals surface area (Å²) in [5, 5.41) is 2.61. The summed E-state index contributed by atoms with van der Waals surface area (Å²) < 4.78 is 17.4. The number of aryl methyl sites for hydroxylation is 1. The number of benzene rings is 4. The number of hydrogen-bond donors (Lipinski definition) is 1. The largest absolute Gasteiger partial charge is 0.493 e. The Hall–Kier alpha value is -5.08. The topological polar surface area (TPSA) is 94.2 Å². The molecule has 1 saturated heterocycles. The lowest BCUT2D eigenvalue weighted by atomic mass is 10.1. The number of carbonyl (C=O) groups is 3. The van der Waals surface area contributed by atoms with E-state index in [1.54, 1.807) is 43.5 Å². The molecule has 1 heterocycles. The van der Waals surface area contributed by atoms with Crippen molar-refractivity contribution in [2.24, 2.45) is 0 Å². The molecule has 9 heteroatoms. The maximum atomic E-state index is 13.2. The molecular formula is C33H27ClN2O6. The number of nitrogens with one attached hydrogen (secondary N) is 1. The summed E-state index contributed by atoms with van der Waals surface area (Å²) in [6.45, 7) is 2.52. The minimum atomic E-state index is -0.835. The Balaban J connectivity index is 1.24. The van der Waals surface area contributed by atoms with Crippen molar-refractivity contribution in [3.05, 3.63) is 124 Å². The summed E-state index contributed by atoms with van der Waals surface area (Å²) >= 11 is 6.18. The van der Waals surface area contributed by atoms with Gasteiger partial charge in [0.15, 0.2) is 11.5 Å². The molecule has 1 fully saturated rings. The second kappa shape index (κ2) is 12.6. The van der Waals surface area contributed by atoms with E-state index in [9.17, 15) is 14.4 Å². The van der Waals surface area contributed by atoms with Crippen LogP contribution in [0.4, 0.5) is 10.5 Å². The van der Waals surface area contributed by atoms with Gasteiger partial charge in [-0.05, 0) is 71.7 Å². The van der Waals surface area contributed by atoms with Crippen LogP contribution < -0.4 is 24.4 Å². The number of ether oxygens (including phenoxy) is 3. The van der Waals surface area contributed by atoms with Crippen molar-refractivity contribution in [3.8, 4) is 17.2 Å². The molecule has 1 N–H and O–H groups in total. The monoisotopic (exact) mass is 582 g/mol. The molecule has 4 amide bonds. The molecular weight excluding hydrogens is 556 g/mol. The normalized spacial score (nSPS) is 14.1. The van der Waals surface area contributed by atoms with Gasteiger partial charge in [0.25, 0.3) is 11.8 Å². The van der Waals surface area contributed by atoms with Crippen molar-refractivity contribution in [2.75, 3.05) is 12.0 Å². The standard InChI is InChI=1S/C33H27ClN2O6/c1-21-8-12-25(18-28(21)34)36-32(38)27(31(37)35-33(36)39)16-22-9-13-26(14-10-22)41-20-24-11-15-29(30(17-24)40-2)42-19-23-6-4-3-5-7-23/h3-18H,19-20H2,1-2H3,(H,35,37,39)/b27-16+. The first-order valence-corrected chi connectivity index (χ1v) is 13.4. The summed E-state index contributed by atoms with van der Waals surface area (Å²) in [6, 6.07) is 26.4. The van der Waals surface area contributed by atoms with E-state index in [0.29, 0.717) is 34.4 Å².